The van der Waals surface area contributed by atoms with Gasteiger partial charge in [0.05, 0.1) is 6.61 Å². The van der Waals surface area contributed by atoms with Gasteiger partial charge in [0.15, 0.2) is 6.23 Å². The van der Waals surface area contributed by atoms with Crippen LogP contribution in [0.4, 0.5) is 4.79 Å². The molecule has 0 radical (unpaired) electrons. The number of hydrazine groups is 1. The van der Waals surface area contributed by atoms with Crippen LogP contribution < -0.4 is 5.43 Å². The van der Waals surface area contributed by atoms with Crippen LogP contribution in [0.2, 0.25) is 0 Å². The minimum absolute atomic E-state index is 0.195. The zero-order chi connectivity index (χ0) is 12.6. The van der Waals surface area contributed by atoms with Gasteiger partial charge in [-0.2, -0.15) is 0 Å². The molecule has 1 fully saturated rings. The molecule has 96 valence electrons. The Hall–Kier alpha value is -1.39. The second-order valence-corrected chi connectivity index (χ2v) is 3.68. The van der Waals surface area contributed by atoms with Crippen molar-refractivity contribution in [2.45, 2.75) is 24.5 Å². The van der Waals surface area contributed by atoms with Crippen LogP contribution in [0.5, 0.6) is 0 Å². The molecule has 0 saturated carbocycles. The average Bonchev–Trinajstić information content (AvgIpc) is 2.57. The number of nitrogens with one attached hydrogen (secondary N) is 1. The molecule has 17 heavy (non-hydrogen) atoms. The van der Waals surface area contributed by atoms with Crippen LogP contribution in [0.25, 0.3) is 0 Å². The summed E-state index contributed by atoms with van der Waals surface area (Å²) in [6.45, 7) is -0.485. The van der Waals surface area contributed by atoms with Gasteiger partial charge in [-0.15, -0.1) is 0 Å². The highest BCUT2D eigenvalue weighted by molar-refractivity contribution is 5.76. The van der Waals surface area contributed by atoms with Gasteiger partial charge < -0.3 is 30.4 Å². The predicted molar refractivity (Wildman–Crippen MR) is 52.5 cm³/mol. The molecule has 2 aliphatic rings. The molecule has 2 heterocycles. The summed E-state index contributed by atoms with van der Waals surface area (Å²) >= 11 is 0. The van der Waals surface area contributed by atoms with Gasteiger partial charge in [0.1, 0.15) is 18.3 Å². The highest BCUT2D eigenvalue weighted by Gasteiger charge is 2.46. The maximum Gasteiger partial charge on any atom is 0.341 e. The van der Waals surface area contributed by atoms with E-state index in [0.29, 0.717) is 0 Å². The Labute approximate surface area is 96.0 Å². The number of carbonyl (C=O) groups excluding carboxylic acids is 1. The molecule has 4 atom stereocenters. The number of ether oxygens (including phenoxy) is 1. The van der Waals surface area contributed by atoms with Crippen molar-refractivity contribution in [1.29, 1.82) is 0 Å². The van der Waals surface area contributed by atoms with E-state index in [1.807, 2.05) is 5.43 Å². The second kappa shape index (κ2) is 4.47. The third-order valence-electron chi connectivity index (χ3n) is 2.59. The lowest BCUT2D eigenvalue weighted by Crippen LogP contribution is -2.53. The molecule has 0 aromatic rings. The first kappa shape index (κ1) is 12.1. The SMILES string of the molecule is O=C1NN([O-])C=CN1[C@@H]1O[C@@H](CO)[C@@H](O)[C@@H]1O. The van der Waals surface area contributed by atoms with Crippen molar-refractivity contribution in [3.63, 3.8) is 0 Å². The van der Waals surface area contributed by atoms with Crippen molar-refractivity contribution in [1.82, 2.24) is 15.5 Å². The van der Waals surface area contributed by atoms with E-state index >= 15 is 0 Å². The Bertz CT molecular complexity index is 337. The summed E-state index contributed by atoms with van der Waals surface area (Å²) in [5, 5.41) is 39.0. The number of aliphatic hydroxyl groups is 3. The van der Waals surface area contributed by atoms with Crippen LogP contribution in [-0.4, -0.2) is 62.6 Å². The largest absolute Gasteiger partial charge is 0.739 e. The number of amides is 2. The van der Waals surface area contributed by atoms with E-state index in [-0.39, 0.29) is 5.17 Å². The van der Waals surface area contributed by atoms with E-state index in [2.05, 4.69) is 0 Å². The minimum atomic E-state index is -1.36. The van der Waals surface area contributed by atoms with Gasteiger partial charge in [0.25, 0.3) is 0 Å². The smallest absolute Gasteiger partial charge is 0.341 e. The number of hydrogen-bond acceptors (Lipinski definition) is 7. The van der Waals surface area contributed by atoms with Crippen molar-refractivity contribution in [3.8, 4) is 0 Å². The molecule has 0 bridgehead atoms. The summed E-state index contributed by atoms with van der Waals surface area (Å²) in [5.74, 6) is 0. The first-order chi connectivity index (χ1) is 8.04. The fourth-order valence-corrected chi connectivity index (χ4v) is 1.70. The summed E-state index contributed by atoms with van der Waals surface area (Å²) in [6, 6.07) is -0.794. The molecule has 0 aromatic heterocycles. The Morgan fingerprint density at radius 2 is 2.12 bits per heavy atom. The van der Waals surface area contributed by atoms with E-state index in [1.165, 1.54) is 0 Å². The van der Waals surface area contributed by atoms with E-state index in [4.69, 9.17) is 9.84 Å². The summed E-state index contributed by atoms with van der Waals surface area (Å²) < 4.78 is 5.12. The molecule has 9 heteroatoms. The highest BCUT2D eigenvalue weighted by atomic mass is 16.6. The van der Waals surface area contributed by atoms with Crippen LogP contribution in [0.15, 0.2) is 12.4 Å². The molecule has 0 aliphatic carbocycles. The zero-order valence-electron chi connectivity index (χ0n) is 8.63. The Morgan fingerprint density at radius 3 is 2.65 bits per heavy atom. The monoisotopic (exact) mass is 246 g/mol. The van der Waals surface area contributed by atoms with Gasteiger partial charge in [0.2, 0.25) is 0 Å². The van der Waals surface area contributed by atoms with E-state index in [1.54, 1.807) is 0 Å². The number of nitrogens with zero attached hydrogens (tertiary/aromatic N) is 2. The van der Waals surface area contributed by atoms with Crippen LogP contribution in [0.1, 0.15) is 0 Å². The quantitative estimate of drug-likeness (QED) is 0.429. The molecular formula is C8H12N3O6-. The van der Waals surface area contributed by atoms with E-state index < -0.39 is 37.2 Å². The Morgan fingerprint density at radius 1 is 1.41 bits per heavy atom. The summed E-state index contributed by atoms with van der Waals surface area (Å²) in [5.41, 5.74) is 1.92. The molecule has 2 amide bonds. The molecule has 2 aliphatic heterocycles. The van der Waals surface area contributed by atoms with E-state index in [9.17, 15) is 20.2 Å². The van der Waals surface area contributed by atoms with Gasteiger partial charge in [0, 0.05) is 12.4 Å². The second-order valence-electron chi connectivity index (χ2n) is 3.68. The fraction of sp³-hybridized carbons (Fsp3) is 0.625. The van der Waals surface area contributed by atoms with E-state index in [0.717, 1.165) is 17.3 Å². The van der Waals surface area contributed by atoms with Gasteiger partial charge in [-0.3, -0.25) is 10.3 Å². The summed E-state index contributed by atoms with van der Waals surface area (Å²) in [4.78, 5) is 12.4. The molecule has 1 saturated heterocycles. The standard InChI is InChI=1S/C8H12N3O6/c12-3-4-5(13)6(14)7(17-4)10-1-2-11(16)9-8(10)15/h1-2,4-7,12-14H,3H2,(H,9,15)/q-1/t4-,5+,6-,7+/m0/s1. The molecular weight excluding hydrogens is 234 g/mol. The normalized spacial score (nSPS) is 37.5. The number of hydrogen-bond donors (Lipinski definition) is 4. The summed E-state index contributed by atoms with van der Waals surface area (Å²) in [7, 11) is 0. The third kappa shape index (κ3) is 2.06. The van der Waals surface area contributed by atoms with Crippen LogP contribution in [-0.2, 0) is 4.74 Å². The van der Waals surface area contributed by atoms with Gasteiger partial charge >= 0.3 is 6.03 Å². The van der Waals surface area contributed by atoms with Crippen molar-refractivity contribution in [2.75, 3.05) is 6.61 Å². The first-order valence-electron chi connectivity index (χ1n) is 4.90. The Kier molecular flexibility index (Phi) is 3.17. The van der Waals surface area contributed by atoms with Gasteiger partial charge in [-0.05, 0) is 0 Å². The number of aliphatic hydroxyl groups excluding tert-OH is 3. The van der Waals surface area contributed by atoms with Crippen molar-refractivity contribution in [2.24, 2.45) is 0 Å². The summed E-state index contributed by atoms with van der Waals surface area (Å²) in [6.07, 6.45) is -2.65. The van der Waals surface area contributed by atoms with Crippen molar-refractivity contribution >= 4 is 6.03 Å². The van der Waals surface area contributed by atoms with Crippen LogP contribution in [0.3, 0.4) is 0 Å². The lowest BCUT2D eigenvalue weighted by Gasteiger charge is -2.37. The maximum atomic E-state index is 11.4. The van der Waals surface area contributed by atoms with Gasteiger partial charge in [-0.25, -0.2) is 4.79 Å². The number of rotatable bonds is 2. The number of urea groups is 1. The molecule has 9 nitrogen and oxygen atoms in total. The predicted octanol–water partition coefficient (Wildman–Crippen LogP) is -2.36. The third-order valence-corrected chi connectivity index (χ3v) is 2.59. The molecule has 0 aromatic carbocycles. The minimum Gasteiger partial charge on any atom is -0.739 e. The Balaban J connectivity index is 2.13. The molecule has 4 N–H and O–H groups in total. The van der Waals surface area contributed by atoms with Crippen molar-refractivity contribution in [3.05, 3.63) is 17.6 Å². The van der Waals surface area contributed by atoms with Crippen LogP contribution in [0, 0.1) is 5.21 Å². The van der Waals surface area contributed by atoms with Crippen molar-refractivity contribution < 1.29 is 24.9 Å². The lowest BCUT2D eigenvalue weighted by atomic mass is 10.1. The van der Waals surface area contributed by atoms with Crippen LogP contribution >= 0.6 is 0 Å². The molecule has 0 spiro atoms. The lowest BCUT2D eigenvalue weighted by molar-refractivity contribution is -0.0680. The number of hydroxylamine groups is 1. The molecule has 0 unspecified atom stereocenters. The van der Waals surface area contributed by atoms with Gasteiger partial charge in [-0.1, -0.05) is 0 Å². The topological polar surface area (TPSA) is 129 Å². The highest BCUT2D eigenvalue weighted by Crippen LogP contribution is 2.25. The molecule has 2 rings (SSSR count). The average molecular weight is 246 g/mol. The maximum absolute atomic E-state index is 11.4. The zero-order valence-corrected chi connectivity index (χ0v) is 8.63. The first-order valence-corrected chi connectivity index (χ1v) is 4.90. The number of carbonyl (C=O) groups is 1. The fourth-order valence-electron chi connectivity index (χ4n) is 1.70.